The maximum absolute atomic E-state index is 11.8. The fraction of sp³-hybridized carbons (Fsp3) is 0.382. The average molecular weight is 506 g/mol. The van der Waals surface area contributed by atoms with Crippen molar-refractivity contribution < 1.29 is 14.3 Å². The molecule has 0 unspecified atom stereocenters. The summed E-state index contributed by atoms with van der Waals surface area (Å²) in [5.74, 6) is 3.34. The number of aromatic nitrogens is 1. The van der Waals surface area contributed by atoms with Crippen LogP contribution in [-0.2, 0) is 21.6 Å². The van der Waals surface area contributed by atoms with Crippen LogP contribution in [0.25, 0.3) is 27.9 Å². The molecule has 4 bridgehead atoms. The molecule has 194 valence electrons. The first-order chi connectivity index (χ1) is 18.6. The van der Waals surface area contributed by atoms with Crippen molar-refractivity contribution in [2.24, 2.45) is 17.8 Å². The van der Waals surface area contributed by atoms with E-state index in [0.717, 1.165) is 40.1 Å². The highest BCUT2D eigenvalue weighted by atomic mass is 16.5. The number of hydrogen-bond donors (Lipinski definition) is 1. The summed E-state index contributed by atoms with van der Waals surface area (Å²) in [6, 6.07) is 21.5. The first-order valence-electron chi connectivity index (χ1n) is 14.2. The fourth-order valence-electron chi connectivity index (χ4n) is 8.12. The third-order valence-electron chi connectivity index (χ3n) is 9.27. The van der Waals surface area contributed by atoms with Gasteiger partial charge in [-0.05, 0) is 98.0 Å². The monoisotopic (exact) mass is 505 g/mol. The zero-order valence-corrected chi connectivity index (χ0v) is 22.0. The minimum atomic E-state index is -0.315. The molecule has 8 rings (SSSR count). The van der Waals surface area contributed by atoms with Gasteiger partial charge in [-0.15, -0.1) is 0 Å². The van der Waals surface area contributed by atoms with Gasteiger partial charge in [0, 0.05) is 34.0 Å². The number of rotatable bonds is 7. The van der Waals surface area contributed by atoms with Crippen molar-refractivity contribution in [1.82, 2.24) is 4.98 Å². The summed E-state index contributed by atoms with van der Waals surface area (Å²) in [4.78, 5) is 15.4. The molecular weight excluding hydrogens is 470 g/mol. The summed E-state index contributed by atoms with van der Waals surface area (Å²) in [5, 5.41) is 2.48. The highest BCUT2D eigenvalue weighted by Gasteiger charge is 2.52. The van der Waals surface area contributed by atoms with E-state index in [9.17, 15) is 4.79 Å². The topological polar surface area (TPSA) is 51.3 Å². The Labute approximate surface area is 224 Å². The smallest absolute Gasteiger partial charge is 0.330 e. The summed E-state index contributed by atoms with van der Waals surface area (Å²) in [6.07, 6.45) is 11.5. The second kappa shape index (κ2) is 9.34. The normalized spacial score (nSPS) is 26.0. The lowest BCUT2D eigenvalue weighted by molar-refractivity contribution is -0.137. The first kappa shape index (κ1) is 23.6. The van der Waals surface area contributed by atoms with Crippen LogP contribution in [0, 0.1) is 17.8 Å². The zero-order valence-electron chi connectivity index (χ0n) is 22.0. The SMILES string of the molecule is CCOC(=O)/C=C/c1ccc2c(c1)[nH]c1cc(OCc3ccccc3)c(C34CC5CC(CC(C5)C3)C4)cc12. The Hall–Kier alpha value is -3.53. The Morgan fingerprint density at radius 1 is 0.921 bits per heavy atom. The molecule has 4 aromatic rings. The van der Waals surface area contributed by atoms with E-state index in [0.29, 0.717) is 13.2 Å². The van der Waals surface area contributed by atoms with Gasteiger partial charge in [0.05, 0.1) is 12.1 Å². The molecule has 4 aliphatic carbocycles. The Morgan fingerprint density at radius 3 is 2.34 bits per heavy atom. The maximum Gasteiger partial charge on any atom is 0.330 e. The van der Waals surface area contributed by atoms with Crippen LogP contribution in [-0.4, -0.2) is 17.6 Å². The van der Waals surface area contributed by atoms with Crippen molar-refractivity contribution >= 4 is 33.9 Å². The summed E-state index contributed by atoms with van der Waals surface area (Å²) in [5.41, 5.74) is 6.00. The van der Waals surface area contributed by atoms with Crippen molar-refractivity contribution in [3.8, 4) is 5.75 Å². The maximum atomic E-state index is 11.8. The zero-order chi connectivity index (χ0) is 25.7. The van der Waals surface area contributed by atoms with Gasteiger partial charge >= 0.3 is 5.97 Å². The van der Waals surface area contributed by atoms with Crippen LogP contribution >= 0.6 is 0 Å². The Bertz CT molecular complexity index is 1490. The molecule has 1 heterocycles. The standard InChI is InChI=1S/C34H35NO3/c1-2-37-33(36)11-9-22-8-10-27-28-16-29(34-18-24-12-25(19-34)14-26(13-24)20-34)32(17-31(28)35-30(27)15-22)38-21-23-6-4-3-5-7-23/h3-11,15-17,24-26,35H,2,12-14,18-21H2,1H3/b11-9+. The molecule has 0 amide bonds. The molecule has 4 heteroatoms. The van der Waals surface area contributed by atoms with Crippen LogP contribution in [0.5, 0.6) is 5.75 Å². The van der Waals surface area contributed by atoms with Gasteiger partial charge in [0.2, 0.25) is 0 Å². The second-order valence-corrected chi connectivity index (χ2v) is 11.9. The lowest BCUT2D eigenvalue weighted by Crippen LogP contribution is -2.48. The number of ether oxygens (including phenoxy) is 2. The molecular formula is C34H35NO3. The van der Waals surface area contributed by atoms with Crippen LogP contribution in [0.1, 0.15) is 62.1 Å². The van der Waals surface area contributed by atoms with Crippen LogP contribution in [0.3, 0.4) is 0 Å². The third kappa shape index (κ3) is 4.20. The fourth-order valence-corrected chi connectivity index (χ4v) is 8.12. The molecule has 4 saturated carbocycles. The Morgan fingerprint density at radius 2 is 1.63 bits per heavy atom. The molecule has 1 aromatic heterocycles. The molecule has 0 atom stereocenters. The molecule has 0 spiro atoms. The Balaban J connectivity index is 1.31. The van der Waals surface area contributed by atoms with Crippen molar-refractivity contribution in [2.75, 3.05) is 6.61 Å². The molecule has 4 nitrogen and oxygen atoms in total. The number of esters is 1. The number of nitrogens with one attached hydrogen (secondary N) is 1. The lowest BCUT2D eigenvalue weighted by Gasteiger charge is -2.57. The number of fused-ring (bicyclic) bond motifs is 3. The molecule has 0 aliphatic heterocycles. The minimum absolute atomic E-state index is 0.237. The number of hydrogen-bond acceptors (Lipinski definition) is 3. The summed E-state index contributed by atoms with van der Waals surface area (Å²) < 4.78 is 11.7. The van der Waals surface area contributed by atoms with Gasteiger partial charge in [0.1, 0.15) is 12.4 Å². The summed E-state index contributed by atoms with van der Waals surface area (Å²) >= 11 is 0. The molecule has 4 fully saturated rings. The molecule has 4 aliphatic rings. The average Bonchev–Trinajstić information content (AvgIpc) is 3.27. The quantitative estimate of drug-likeness (QED) is 0.205. The number of H-pyrrole nitrogens is 1. The highest BCUT2D eigenvalue weighted by molar-refractivity contribution is 6.08. The Kier molecular flexibility index (Phi) is 5.79. The lowest BCUT2D eigenvalue weighted by atomic mass is 9.48. The van der Waals surface area contributed by atoms with Crippen molar-refractivity contribution in [1.29, 1.82) is 0 Å². The van der Waals surface area contributed by atoms with E-state index in [4.69, 9.17) is 9.47 Å². The van der Waals surface area contributed by atoms with Gasteiger partial charge in [-0.25, -0.2) is 4.79 Å². The van der Waals surface area contributed by atoms with E-state index in [1.54, 1.807) is 0 Å². The van der Waals surface area contributed by atoms with E-state index in [-0.39, 0.29) is 11.4 Å². The van der Waals surface area contributed by atoms with E-state index in [1.165, 1.54) is 66.5 Å². The van der Waals surface area contributed by atoms with Gasteiger partial charge in [-0.2, -0.15) is 0 Å². The van der Waals surface area contributed by atoms with Crippen LogP contribution in [0.15, 0.2) is 66.7 Å². The van der Waals surface area contributed by atoms with Crippen molar-refractivity contribution in [3.05, 3.63) is 83.4 Å². The summed E-state index contributed by atoms with van der Waals surface area (Å²) in [6.45, 7) is 2.78. The predicted molar refractivity (Wildman–Crippen MR) is 152 cm³/mol. The largest absolute Gasteiger partial charge is 0.489 e. The number of carbonyl (C=O) groups excluding carboxylic acids is 1. The van der Waals surface area contributed by atoms with Crippen LogP contribution in [0.2, 0.25) is 0 Å². The minimum Gasteiger partial charge on any atom is -0.489 e. The van der Waals surface area contributed by atoms with Crippen molar-refractivity contribution in [3.63, 3.8) is 0 Å². The predicted octanol–water partition coefficient (Wildman–Crippen LogP) is 7.94. The molecule has 0 saturated heterocycles. The number of aromatic amines is 1. The summed E-state index contributed by atoms with van der Waals surface area (Å²) in [7, 11) is 0. The van der Waals surface area contributed by atoms with Crippen LogP contribution < -0.4 is 4.74 Å². The van der Waals surface area contributed by atoms with E-state index >= 15 is 0 Å². The van der Waals surface area contributed by atoms with Gasteiger partial charge in [0.25, 0.3) is 0 Å². The van der Waals surface area contributed by atoms with Gasteiger partial charge < -0.3 is 14.5 Å². The second-order valence-electron chi connectivity index (χ2n) is 11.9. The number of carbonyl (C=O) groups is 1. The van der Waals surface area contributed by atoms with Crippen LogP contribution in [0.4, 0.5) is 0 Å². The van der Waals surface area contributed by atoms with Gasteiger partial charge in [-0.1, -0.05) is 42.5 Å². The molecule has 1 N–H and O–H groups in total. The molecule has 38 heavy (non-hydrogen) atoms. The van der Waals surface area contributed by atoms with E-state index in [2.05, 4.69) is 65.6 Å². The van der Waals surface area contributed by atoms with E-state index in [1.807, 2.05) is 13.0 Å². The third-order valence-corrected chi connectivity index (χ3v) is 9.27. The van der Waals surface area contributed by atoms with Gasteiger partial charge in [-0.3, -0.25) is 0 Å². The first-order valence-corrected chi connectivity index (χ1v) is 14.2. The van der Waals surface area contributed by atoms with E-state index < -0.39 is 0 Å². The number of benzene rings is 3. The highest BCUT2D eigenvalue weighted by Crippen LogP contribution is 2.62. The van der Waals surface area contributed by atoms with Crippen molar-refractivity contribution in [2.45, 2.75) is 57.5 Å². The molecule has 3 aromatic carbocycles. The van der Waals surface area contributed by atoms with Gasteiger partial charge in [0.15, 0.2) is 0 Å². The molecule has 0 radical (unpaired) electrons.